The molecule has 0 atom stereocenters. The lowest BCUT2D eigenvalue weighted by molar-refractivity contribution is 0.482. The molecule has 0 aliphatic carbocycles. The van der Waals surface area contributed by atoms with Gasteiger partial charge in [-0.15, -0.1) is 0 Å². The summed E-state index contributed by atoms with van der Waals surface area (Å²) in [4.78, 5) is 0. The second-order valence-corrected chi connectivity index (χ2v) is 4.94. The van der Waals surface area contributed by atoms with E-state index < -0.39 is 0 Å². The van der Waals surface area contributed by atoms with Gasteiger partial charge in [0.15, 0.2) is 5.75 Å². The van der Waals surface area contributed by atoms with Gasteiger partial charge in [-0.05, 0) is 59.3 Å². The van der Waals surface area contributed by atoms with Crippen LogP contribution >= 0.6 is 22.6 Å². The predicted octanol–water partition coefficient (Wildman–Crippen LogP) is 4.11. The topological polar surface area (TPSA) is 35.2 Å². The number of hydrogen-bond acceptors (Lipinski definition) is 2. The van der Waals surface area contributed by atoms with E-state index in [1.165, 1.54) is 6.07 Å². The van der Waals surface area contributed by atoms with Crippen molar-refractivity contribution in [1.82, 2.24) is 0 Å². The summed E-state index contributed by atoms with van der Waals surface area (Å²) in [5, 5.41) is 0. The van der Waals surface area contributed by atoms with Gasteiger partial charge in [0, 0.05) is 9.64 Å². The van der Waals surface area contributed by atoms with E-state index in [1.807, 2.05) is 24.3 Å². The first-order valence-electron chi connectivity index (χ1n) is 5.05. The van der Waals surface area contributed by atoms with Crippen LogP contribution in [0.2, 0.25) is 0 Å². The summed E-state index contributed by atoms with van der Waals surface area (Å²) < 4.78 is 19.9. The van der Waals surface area contributed by atoms with E-state index in [9.17, 15) is 4.39 Å². The summed E-state index contributed by atoms with van der Waals surface area (Å²) in [5.74, 6) is 0.845. The van der Waals surface area contributed by atoms with Gasteiger partial charge in [0.2, 0.25) is 0 Å². The van der Waals surface area contributed by atoms with Crippen molar-refractivity contribution in [3.05, 3.63) is 51.3 Å². The van der Waals surface area contributed by atoms with Gasteiger partial charge in [-0.2, -0.15) is 0 Å². The van der Waals surface area contributed by atoms with Crippen LogP contribution in [0.25, 0.3) is 0 Å². The maximum Gasteiger partial charge on any atom is 0.150 e. The molecule has 2 N–H and O–H groups in total. The molecule has 0 aliphatic rings. The molecule has 0 aliphatic heterocycles. The molecule has 88 valence electrons. The van der Waals surface area contributed by atoms with Gasteiger partial charge in [-0.1, -0.05) is 6.07 Å². The van der Waals surface area contributed by atoms with E-state index >= 15 is 0 Å². The van der Waals surface area contributed by atoms with E-state index in [1.54, 1.807) is 13.0 Å². The summed E-state index contributed by atoms with van der Waals surface area (Å²) in [6.07, 6.45) is 0. The van der Waals surface area contributed by atoms with Crippen LogP contribution < -0.4 is 10.5 Å². The Labute approximate surface area is 113 Å². The smallest absolute Gasteiger partial charge is 0.150 e. The highest BCUT2D eigenvalue weighted by Gasteiger charge is 2.07. The first kappa shape index (κ1) is 12.2. The van der Waals surface area contributed by atoms with Crippen molar-refractivity contribution in [2.24, 2.45) is 0 Å². The summed E-state index contributed by atoms with van der Waals surface area (Å²) in [6, 6.07) is 10.5. The van der Waals surface area contributed by atoms with E-state index in [-0.39, 0.29) is 5.82 Å². The van der Waals surface area contributed by atoms with Crippen molar-refractivity contribution in [3.63, 3.8) is 0 Å². The fraction of sp³-hybridized carbons (Fsp3) is 0.0769. The standard InChI is InChI=1S/C13H11FINO/c1-8-5-13(12(16)7-11(8)14)17-10-4-2-3-9(15)6-10/h2-7H,16H2,1H3. The molecule has 0 unspecified atom stereocenters. The minimum Gasteiger partial charge on any atom is -0.455 e. The maximum atomic E-state index is 13.2. The Hall–Kier alpha value is -1.30. The zero-order chi connectivity index (χ0) is 12.4. The Bertz CT molecular complexity index is 557. The lowest BCUT2D eigenvalue weighted by atomic mass is 10.2. The second-order valence-electron chi connectivity index (χ2n) is 3.70. The highest BCUT2D eigenvalue weighted by molar-refractivity contribution is 14.1. The van der Waals surface area contributed by atoms with E-state index in [4.69, 9.17) is 10.5 Å². The molecule has 4 heteroatoms. The minimum atomic E-state index is -0.322. The van der Waals surface area contributed by atoms with E-state index in [0.717, 1.165) is 3.57 Å². The molecule has 2 aromatic rings. The fourth-order valence-corrected chi connectivity index (χ4v) is 1.93. The molecule has 2 aromatic carbocycles. The van der Waals surface area contributed by atoms with Crippen molar-refractivity contribution in [3.8, 4) is 11.5 Å². The van der Waals surface area contributed by atoms with Crippen molar-refractivity contribution in [2.45, 2.75) is 6.92 Å². The number of aryl methyl sites for hydroxylation is 1. The van der Waals surface area contributed by atoms with Gasteiger partial charge < -0.3 is 10.5 Å². The van der Waals surface area contributed by atoms with Crippen LogP contribution in [0.3, 0.4) is 0 Å². The number of anilines is 1. The number of nitrogens with two attached hydrogens (primary N) is 1. The Balaban J connectivity index is 2.33. The number of benzene rings is 2. The molecule has 0 aromatic heterocycles. The Morgan fingerprint density at radius 3 is 2.71 bits per heavy atom. The second kappa shape index (κ2) is 4.91. The molecule has 2 nitrogen and oxygen atoms in total. The van der Waals surface area contributed by atoms with Crippen LogP contribution in [0, 0.1) is 16.3 Å². The SMILES string of the molecule is Cc1cc(Oc2cccc(I)c2)c(N)cc1F. The van der Waals surface area contributed by atoms with Gasteiger partial charge in [0.25, 0.3) is 0 Å². The third-order valence-electron chi connectivity index (χ3n) is 2.31. The maximum absolute atomic E-state index is 13.2. The molecule has 2 rings (SSSR count). The van der Waals surface area contributed by atoms with Crippen molar-refractivity contribution >= 4 is 28.3 Å². The Morgan fingerprint density at radius 1 is 1.24 bits per heavy atom. The van der Waals surface area contributed by atoms with Crippen LogP contribution in [0.5, 0.6) is 11.5 Å². The van der Waals surface area contributed by atoms with Crippen molar-refractivity contribution < 1.29 is 9.13 Å². The summed E-state index contributed by atoms with van der Waals surface area (Å²) >= 11 is 2.20. The van der Waals surface area contributed by atoms with Crippen LogP contribution in [0.4, 0.5) is 10.1 Å². The minimum absolute atomic E-state index is 0.298. The van der Waals surface area contributed by atoms with Crippen LogP contribution in [-0.4, -0.2) is 0 Å². The molecule has 0 heterocycles. The van der Waals surface area contributed by atoms with Crippen molar-refractivity contribution in [1.29, 1.82) is 0 Å². The lowest BCUT2D eigenvalue weighted by Crippen LogP contribution is -1.95. The van der Waals surface area contributed by atoms with E-state index in [0.29, 0.717) is 22.7 Å². The van der Waals surface area contributed by atoms with Gasteiger partial charge in [-0.3, -0.25) is 0 Å². The first-order chi connectivity index (χ1) is 8.06. The zero-order valence-electron chi connectivity index (χ0n) is 9.21. The Morgan fingerprint density at radius 2 is 2.00 bits per heavy atom. The zero-order valence-corrected chi connectivity index (χ0v) is 11.4. The summed E-state index contributed by atoms with van der Waals surface area (Å²) in [7, 11) is 0. The summed E-state index contributed by atoms with van der Waals surface area (Å²) in [6.45, 7) is 1.68. The molecule has 0 fully saturated rings. The van der Waals surface area contributed by atoms with E-state index in [2.05, 4.69) is 22.6 Å². The molecule has 0 spiro atoms. The first-order valence-corrected chi connectivity index (χ1v) is 6.13. The fourth-order valence-electron chi connectivity index (χ4n) is 1.42. The molecule has 17 heavy (non-hydrogen) atoms. The number of ether oxygens (including phenoxy) is 1. The summed E-state index contributed by atoms with van der Waals surface area (Å²) in [5.41, 5.74) is 6.52. The molecule has 0 amide bonds. The molecule has 0 radical (unpaired) electrons. The lowest BCUT2D eigenvalue weighted by Gasteiger charge is -2.10. The monoisotopic (exact) mass is 343 g/mol. The molecular formula is C13H11FINO. The van der Waals surface area contributed by atoms with Gasteiger partial charge in [0.05, 0.1) is 5.69 Å². The molecule has 0 bridgehead atoms. The third-order valence-corrected chi connectivity index (χ3v) is 2.99. The highest BCUT2D eigenvalue weighted by Crippen LogP contribution is 2.30. The molecular weight excluding hydrogens is 332 g/mol. The van der Waals surface area contributed by atoms with Crippen LogP contribution in [-0.2, 0) is 0 Å². The predicted molar refractivity (Wildman–Crippen MR) is 74.8 cm³/mol. The molecule has 0 saturated heterocycles. The normalized spacial score (nSPS) is 10.3. The largest absolute Gasteiger partial charge is 0.455 e. The van der Waals surface area contributed by atoms with Crippen LogP contribution in [0.15, 0.2) is 36.4 Å². The number of rotatable bonds is 2. The Kier molecular flexibility index (Phi) is 3.51. The average Bonchev–Trinajstić information content (AvgIpc) is 2.26. The van der Waals surface area contributed by atoms with Gasteiger partial charge >= 0.3 is 0 Å². The highest BCUT2D eigenvalue weighted by atomic mass is 127. The van der Waals surface area contributed by atoms with Gasteiger partial charge in [-0.25, -0.2) is 4.39 Å². The average molecular weight is 343 g/mol. The third kappa shape index (κ3) is 2.88. The quantitative estimate of drug-likeness (QED) is 0.658. The molecule has 0 saturated carbocycles. The number of nitrogen functional groups attached to an aromatic ring is 1. The van der Waals surface area contributed by atoms with Crippen LogP contribution in [0.1, 0.15) is 5.56 Å². The number of hydrogen-bond donors (Lipinski definition) is 1. The van der Waals surface area contributed by atoms with Crippen molar-refractivity contribution in [2.75, 3.05) is 5.73 Å². The van der Waals surface area contributed by atoms with Gasteiger partial charge in [0.1, 0.15) is 11.6 Å². The number of halogens is 2.